The first-order valence-corrected chi connectivity index (χ1v) is 9.70. The topological polar surface area (TPSA) is 82.4 Å². The summed E-state index contributed by atoms with van der Waals surface area (Å²) >= 11 is 0. The lowest BCUT2D eigenvalue weighted by molar-refractivity contribution is 0.217. The molecular formula is C24H23N3O3. The number of nitrogen functional groups attached to an aromatic ring is 1. The predicted octanol–water partition coefficient (Wildman–Crippen LogP) is 4.70. The van der Waals surface area contributed by atoms with Crippen molar-refractivity contribution in [2.24, 2.45) is 0 Å². The van der Waals surface area contributed by atoms with Crippen molar-refractivity contribution in [2.75, 3.05) is 18.9 Å². The highest BCUT2D eigenvalue weighted by Gasteiger charge is 2.06. The van der Waals surface area contributed by atoms with Gasteiger partial charge in [0.25, 0.3) is 0 Å². The molecule has 0 amide bonds. The summed E-state index contributed by atoms with van der Waals surface area (Å²) in [6, 6.07) is 26.8. The third-order valence-electron chi connectivity index (χ3n) is 4.40. The lowest BCUT2D eigenvalue weighted by atomic mass is 10.1. The number of anilines is 1. The molecule has 0 unspecified atom stereocenters. The second-order valence-corrected chi connectivity index (χ2v) is 6.67. The Morgan fingerprint density at radius 2 is 1.40 bits per heavy atom. The molecule has 0 bridgehead atoms. The Kier molecular flexibility index (Phi) is 6.15. The molecule has 6 nitrogen and oxygen atoms in total. The Hall–Kier alpha value is -3.93. The number of para-hydroxylation sites is 1. The van der Waals surface area contributed by atoms with E-state index in [4.69, 9.17) is 19.9 Å². The summed E-state index contributed by atoms with van der Waals surface area (Å²) < 4.78 is 17.2. The summed E-state index contributed by atoms with van der Waals surface area (Å²) in [7, 11) is 0. The summed E-state index contributed by atoms with van der Waals surface area (Å²) in [5, 5.41) is 7.40. The van der Waals surface area contributed by atoms with E-state index in [2.05, 4.69) is 10.2 Å². The first kappa shape index (κ1) is 19.4. The smallest absolute Gasteiger partial charge is 0.130 e. The van der Waals surface area contributed by atoms with Crippen molar-refractivity contribution in [3.63, 3.8) is 0 Å². The van der Waals surface area contributed by atoms with E-state index in [9.17, 15) is 0 Å². The van der Waals surface area contributed by atoms with Crippen LogP contribution in [0.1, 0.15) is 5.69 Å². The highest BCUT2D eigenvalue weighted by molar-refractivity contribution is 5.61. The molecule has 30 heavy (non-hydrogen) atoms. The summed E-state index contributed by atoms with van der Waals surface area (Å²) in [6.45, 7) is 1.33. The van der Waals surface area contributed by atoms with Gasteiger partial charge in [-0.1, -0.05) is 30.3 Å². The molecule has 0 spiro atoms. The number of aromatic amines is 1. The Bertz CT molecular complexity index is 1060. The number of ether oxygens (including phenoxy) is 3. The minimum atomic E-state index is 0.393. The number of nitrogens with one attached hydrogen (secondary N) is 1. The molecule has 0 aliphatic carbocycles. The van der Waals surface area contributed by atoms with Gasteiger partial charge in [0.05, 0.1) is 11.4 Å². The molecule has 1 heterocycles. The number of hydrogen-bond donors (Lipinski definition) is 2. The molecule has 0 aliphatic heterocycles. The molecule has 152 valence electrons. The van der Waals surface area contributed by atoms with E-state index < -0.39 is 0 Å². The molecule has 0 aliphatic rings. The zero-order valence-corrected chi connectivity index (χ0v) is 16.5. The molecular weight excluding hydrogens is 378 g/mol. The average Bonchev–Trinajstić information content (AvgIpc) is 3.27. The second-order valence-electron chi connectivity index (χ2n) is 6.67. The summed E-state index contributed by atoms with van der Waals surface area (Å²) in [5.74, 6) is 2.36. The molecule has 0 atom stereocenters. The SMILES string of the molecule is Nc1ccc(OCc2cc(-c3cccc(OCCOc4ccccc4)c3)n[nH]2)cc1. The highest BCUT2D eigenvalue weighted by Crippen LogP contribution is 2.23. The summed E-state index contributed by atoms with van der Waals surface area (Å²) in [5.41, 5.74) is 9.07. The van der Waals surface area contributed by atoms with Crippen LogP contribution in [0.25, 0.3) is 11.3 Å². The van der Waals surface area contributed by atoms with E-state index in [0.717, 1.165) is 34.2 Å². The lowest BCUT2D eigenvalue weighted by Gasteiger charge is -2.09. The van der Waals surface area contributed by atoms with Crippen LogP contribution in [0.15, 0.2) is 84.9 Å². The van der Waals surface area contributed by atoms with E-state index in [1.54, 1.807) is 0 Å². The van der Waals surface area contributed by atoms with Crippen LogP contribution in [0.3, 0.4) is 0 Å². The van der Waals surface area contributed by atoms with E-state index in [1.165, 1.54) is 0 Å². The largest absolute Gasteiger partial charge is 0.490 e. The molecule has 1 aromatic heterocycles. The van der Waals surface area contributed by atoms with E-state index in [0.29, 0.717) is 25.5 Å². The van der Waals surface area contributed by atoms with Crippen LogP contribution in [0.4, 0.5) is 5.69 Å². The first-order chi connectivity index (χ1) is 14.8. The average molecular weight is 401 g/mol. The van der Waals surface area contributed by atoms with Gasteiger partial charge in [0.1, 0.15) is 37.1 Å². The highest BCUT2D eigenvalue weighted by atomic mass is 16.5. The van der Waals surface area contributed by atoms with E-state index >= 15 is 0 Å². The number of hydrogen-bond acceptors (Lipinski definition) is 5. The summed E-state index contributed by atoms with van der Waals surface area (Å²) in [6.07, 6.45) is 0. The zero-order valence-electron chi connectivity index (χ0n) is 16.5. The van der Waals surface area contributed by atoms with Crippen LogP contribution < -0.4 is 19.9 Å². The van der Waals surface area contributed by atoms with Crippen LogP contribution in [0.5, 0.6) is 17.2 Å². The Morgan fingerprint density at radius 3 is 2.20 bits per heavy atom. The predicted molar refractivity (Wildman–Crippen MR) is 117 cm³/mol. The van der Waals surface area contributed by atoms with E-state index in [1.807, 2.05) is 84.9 Å². The maximum absolute atomic E-state index is 5.81. The summed E-state index contributed by atoms with van der Waals surface area (Å²) in [4.78, 5) is 0. The second kappa shape index (κ2) is 9.52. The van der Waals surface area contributed by atoms with Crippen molar-refractivity contribution in [3.8, 4) is 28.5 Å². The van der Waals surface area contributed by atoms with Gasteiger partial charge in [0.2, 0.25) is 0 Å². The van der Waals surface area contributed by atoms with Crippen molar-refractivity contribution in [1.82, 2.24) is 10.2 Å². The van der Waals surface area contributed by atoms with Crippen LogP contribution >= 0.6 is 0 Å². The quantitative estimate of drug-likeness (QED) is 0.314. The zero-order chi connectivity index (χ0) is 20.6. The fraction of sp³-hybridized carbons (Fsp3) is 0.125. The third kappa shape index (κ3) is 5.32. The Morgan fingerprint density at radius 1 is 0.700 bits per heavy atom. The fourth-order valence-corrected chi connectivity index (χ4v) is 2.89. The minimum Gasteiger partial charge on any atom is -0.490 e. The van der Waals surface area contributed by atoms with Crippen molar-refractivity contribution < 1.29 is 14.2 Å². The maximum Gasteiger partial charge on any atom is 0.130 e. The van der Waals surface area contributed by atoms with E-state index in [-0.39, 0.29) is 0 Å². The molecule has 4 rings (SSSR count). The Labute approximate surface area is 175 Å². The number of aromatic nitrogens is 2. The van der Waals surface area contributed by atoms with Crippen molar-refractivity contribution >= 4 is 5.69 Å². The number of benzene rings is 3. The van der Waals surface area contributed by atoms with Gasteiger partial charge in [-0.15, -0.1) is 0 Å². The molecule has 3 N–H and O–H groups in total. The van der Waals surface area contributed by atoms with Gasteiger partial charge in [-0.05, 0) is 54.6 Å². The molecule has 0 fully saturated rings. The Balaban J connectivity index is 1.30. The minimum absolute atomic E-state index is 0.393. The van der Waals surface area contributed by atoms with Crippen molar-refractivity contribution in [2.45, 2.75) is 6.61 Å². The maximum atomic E-state index is 5.81. The van der Waals surface area contributed by atoms with Gasteiger partial charge in [0, 0.05) is 11.3 Å². The van der Waals surface area contributed by atoms with Gasteiger partial charge >= 0.3 is 0 Å². The van der Waals surface area contributed by atoms with Crippen LogP contribution in [-0.2, 0) is 6.61 Å². The van der Waals surface area contributed by atoms with Crippen molar-refractivity contribution in [3.05, 3.63) is 90.6 Å². The monoisotopic (exact) mass is 401 g/mol. The molecule has 4 aromatic rings. The number of H-pyrrole nitrogens is 1. The van der Waals surface area contributed by atoms with Crippen LogP contribution in [0.2, 0.25) is 0 Å². The fourth-order valence-electron chi connectivity index (χ4n) is 2.89. The molecule has 6 heteroatoms. The molecule has 3 aromatic carbocycles. The molecule has 0 saturated heterocycles. The van der Waals surface area contributed by atoms with Gasteiger partial charge in [-0.2, -0.15) is 5.10 Å². The molecule has 0 saturated carbocycles. The van der Waals surface area contributed by atoms with Crippen molar-refractivity contribution in [1.29, 1.82) is 0 Å². The first-order valence-electron chi connectivity index (χ1n) is 9.70. The van der Waals surface area contributed by atoms with Gasteiger partial charge < -0.3 is 19.9 Å². The number of nitrogens with zero attached hydrogens (tertiary/aromatic N) is 1. The number of nitrogens with two attached hydrogens (primary N) is 1. The van der Waals surface area contributed by atoms with Gasteiger partial charge in [-0.3, -0.25) is 5.10 Å². The lowest BCUT2D eigenvalue weighted by Crippen LogP contribution is -2.08. The molecule has 0 radical (unpaired) electrons. The van der Waals surface area contributed by atoms with Crippen LogP contribution in [-0.4, -0.2) is 23.4 Å². The standard InChI is InChI=1S/C24H23N3O3/c25-19-9-11-22(12-10-19)30-17-20-16-24(27-26-20)18-5-4-8-23(15-18)29-14-13-28-21-6-2-1-3-7-21/h1-12,15-16H,13-14,17,25H2,(H,26,27). The van der Waals surface area contributed by atoms with Gasteiger partial charge in [0.15, 0.2) is 0 Å². The number of rotatable bonds is 9. The normalized spacial score (nSPS) is 10.5. The van der Waals surface area contributed by atoms with Gasteiger partial charge in [-0.25, -0.2) is 0 Å². The van der Waals surface area contributed by atoms with Crippen LogP contribution in [0, 0.1) is 0 Å². The third-order valence-corrected chi connectivity index (χ3v) is 4.40.